The third-order valence-electron chi connectivity index (χ3n) is 3.97. The van der Waals surface area contributed by atoms with E-state index in [-0.39, 0.29) is 34.5 Å². The molecule has 0 fully saturated rings. The van der Waals surface area contributed by atoms with E-state index in [2.05, 4.69) is 16.7 Å². The van der Waals surface area contributed by atoms with Gasteiger partial charge in [-0.1, -0.05) is 41.0 Å². The van der Waals surface area contributed by atoms with Crippen molar-refractivity contribution in [2.24, 2.45) is 0 Å². The van der Waals surface area contributed by atoms with Crippen LogP contribution in [0.25, 0.3) is 0 Å². The zero-order valence-electron chi connectivity index (χ0n) is 16.0. The van der Waals surface area contributed by atoms with Crippen molar-refractivity contribution in [3.05, 3.63) is 83.5 Å². The average Bonchev–Trinajstić information content (AvgIpc) is 3.16. The number of rotatable bonds is 8. The van der Waals surface area contributed by atoms with Gasteiger partial charge in [0.1, 0.15) is 0 Å². The monoisotopic (exact) mass is 447 g/mol. The summed E-state index contributed by atoms with van der Waals surface area (Å²) >= 11 is 6.20. The van der Waals surface area contributed by atoms with Crippen molar-refractivity contribution in [3.63, 3.8) is 0 Å². The van der Waals surface area contributed by atoms with Crippen LogP contribution in [0.1, 0.15) is 22.1 Å². The normalized spacial score (nSPS) is 11.1. The smallest absolute Gasteiger partial charge is 0.338 e. The zero-order valence-corrected chi connectivity index (χ0v) is 17.6. The van der Waals surface area contributed by atoms with Crippen LogP contribution in [-0.4, -0.2) is 31.1 Å². The molecule has 3 aromatic rings. The van der Waals surface area contributed by atoms with Crippen LogP contribution in [0.4, 0.5) is 5.69 Å². The summed E-state index contributed by atoms with van der Waals surface area (Å²) in [4.78, 5) is 16.2. The van der Waals surface area contributed by atoms with Crippen LogP contribution in [-0.2, 0) is 21.4 Å². The van der Waals surface area contributed by atoms with Crippen LogP contribution in [0.2, 0.25) is 5.02 Å². The molecule has 10 heteroatoms. The summed E-state index contributed by atoms with van der Waals surface area (Å²) < 4.78 is 37.7. The highest BCUT2D eigenvalue weighted by Crippen LogP contribution is 2.30. The van der Waals surface area contributed by atoms with E-state index < -0.39 is 16.0 Å². The molecule has 0 saturated carbocycles. The molecule has 8 nitrogen and oxygen atoms in total. The summed E-state index contributed by atoms with van der Waals surface area (Å²) in [6.07, 6.45) is 1.45. The number of halogens is 1. The number of carbonyl (C=O) groups is 1. The topological polar surface area (TPSA) is 103 Å². The first kappa shape index (κ1) is 21.5. The second kappa shape index (κ2) is 9.10. The molecular formula is C20H18ClN3O5S. The highest BCUT2D eigenvalue weighted by molar-refractivity contribution is 7.92. The van der Waals surface area contributed by atoms with E-state index >= 15 is 0 Å². The van der Waals surface area contributed by atoms with E-state index in [4.69, 9.17) is 20.9 Å². The number of benzene rings is 2. The number of sulfonamides is 1. The lowest BCUT2D eigenvalue weighted by molar-refractivity contribution is 0.0429. The van der Waals surface area contributed by atoms with E-state index in [1.807, 2.05) is 0 Å². The van der Waals surface area contributed by atoms with Gasteiger partial charge in [0.25, 0.3) is 15.9 Å². The summed E-state index contributed by atoms with van der Waals surface area (Å²) in [7, 11) is -4.03. The van der Waals surface area contributed by atoms with E-state index in [1.165, 1.54) is 30.3 Å². The molecular weight excluding hydrogens is 430 g/mol. The minimum Gasteiger partial charge on any atom is -0.452 e. The van der Waals surface area contributed by atoms with Gasteiger partial charge in [0, 0.05) is 0 Å². The fraction of sp³-hybridized carbons (Fsp3) is 0.150. The number of hydrogen-bond donors (Lipinski definition) is 0. The van der Waals surface area contributed by atoms with Crippen LogP contribution in [0, 0.1) is 6.92 Å². The first-order valence-corrected chi connectivity index (χ1v) is 10.6. The van der Waals surface area contributed by atoms with Gasteiger partial charge >= 0.3 is 5.97 Å². The van der Waals surface area contributed by atoms with Gasteiger partial charge in [0.05, 0.1) is 27.7 Å². The van der Waals surface area contributed by atoms with Crippen molar-refractivity contribution < 1.29 is 22.5 Å². The molecule has 0 aliphatic carbocycles. The Labute approximate surface area is 178 Å². The maximum absolute atomic E-state index is 13.3. The van der Waals surface area contributed by atoms with Gasteiger partial charge < -0.3 is 9.26 Å². The first-order valence-electron chi connectivity index (χ1n) is 8.77. The molecule has 0 unspecified atom stereocenters. The first-order chi connectivity index (χ1) is 14.3. The molecule has 0 amide bonds. The van der Waals surface area contributed by atoms with E-state index in [0.29, 0.717) is 11.5 Å². The van der Waals surface area contributed by atoms with Crippen molar-refractivity contribution in [3.8, 4) is 0 Å². The average molecular weight is 448 g/mol. The number of carbonyl (C=O) groups excluding carboxylic acids is 1. The molecule has 3 rings (SSSR count). The number of para-hydroxylation sites is 1. The Morgan fingerprint density at radius 2 is 2.03 bits per heavy atom. The molecule has 2 aromatic carbocycles. The predicted octanol–water partition coefficient (Wildman–Crippen LogP) is 3.77. The third-order valence-corrected chi connectivity index (χ3v) is 6.07. The van der Waals surface area contributed by atoms with Gasteiger partial charge in [-0.25, -0.2) is 13.2 Å². The van der Waals surface area contributed by atoms with Crippen LogP contribution < -0.4 is 4.31 Å². The highest BCUT2D eigenvalue weighted by atomic mass is 35.5. The Morgan fingerprint density at radius 1 is 1.27 bits per heavy atom. The minimum atomic E-state index is -4.03. The highest BCUT2D eigenvalue weighted by Gasteiger charge is 2.26. The molecule has 0 N–H and O–H groups in total. The lowest BCUT2D eigenvalue weighted by atomic mass is 10.2. The number of esters is 1. The number of aryl methyl sites for hydroxylation is 1. The molecule has 0 atom stereocenters. The molecule has 0 bridgehead atoms. The Hall–Kier alpha value is -3.17. The standard InChI is InChI=1S/C20H18ClN3O5S/c1-3-11-24(18-10-5-4-9-17(18)21)30(26,27)16-8-6-7-15(12-16)20(25)28-13-19-22-14(2)23-29-19/h3-10,12H,1,11,13H2,2H3. The number of aromatic nitrogens is 2. The summed E-state index contributed by atoms with van der Waals surface area (Å²) in [6.45, 7) is 5.03. The lowest BCUT2D eigenvalue weighted by Crippen LogP contribution is -2.31. The minimum absolute atomic E-state index is 0.00272. The Bertz CT molecular complexity index is 1180. The molecule has 0 aliphatic rings. The molecule has 1 heterocycles. The van der Waals surface area contributed by atoms with Crippen LogP contribution in [0.3, 0.4) is 0 Å². The Morgan fingerprint density at radius 3 is 2.70 bits per heavy atom. The van der Waals surface area contributed by atoms with Crippen molar-refractivity contribution >= 4 is 33.3 Å². The second-order valence-corrected chi connectivity index (χ2v) is 8.39. The number of ether oxygens (including phenoxy) is 1. The molecule has 0 aliphatic heterocycles. The van der Waals surface area contributed by atoms with Crippen LogP contribution in [0.5, 0.6) is 0 Å². The van der Waals surface area contributed by atoms with Crippen molar-refractivity contribution in [1.29, 1.82) is 0 Å². The number of hydrogen-bond acceptors (Lipinski definition) is 7. The predicted molar refractivity (Wildman–Crippen MR) is 111 cm³/mol. The van der Waals surface area contributed by atoms with Crippen LogP contribution in [0.15, 0.2) is 70.6 Å². The maximum atomic E-state index is 13.3. The van der Waals surface area contributed by atoms with Gasteiger partial charge in [-0.2, -0.15) is 4.98 Å². The van der Waals surface area contributed by atoms with Gasteiger partial charge in [-0.3, -0.25) is 4.31 Å². The van der Waals surface area contributed by atoms with Gasteiger partial charge in [-0.05, 0) is 37.3 Å². The van der Waals surface area contributed by atoms with Crippen molar-refractivity contribution in [1.82, 2.24) is 10.1 Å². The lowest BCUT2D eigenvalue weighted by Gasteiger charge is -2.24. The summed E-state index contributed by atoms with van der Waals surface area (Å²) in [5.74, 6) is -0.174. The second-order valence-electron chi connectivity index (χ2n) is 6.12. The van der Waals surface area contributed by atoms with E-state index in [1.54, 1.807) is 31.2 Å². The largest absolute Gasteiger partial charge is 0.452 e. The van der Waals surface area contributed by atoms with Crippen LogP contribution >= 0.6 is 11.6 Å². The molecule has 0 saturated heterocycles. The molecule has 30 heavy (non-hydrogen) atoms. The van der Waals surface area contributed by atoms with Crippen molar-refractivity contribution in [2.75, 3.05) is 10.8 Å². The summed E-state index contributed by atoms with van der Waals surface area (Å²) in [5.41, 5.74) is 0.365. The molecule has 0 spiro atoms. The quantitative estimate of drug-likeness (QED) is 0.382. The third kappa shape index (κ3) is 4.69. The molecule has 1 aromatic heterocycles. The Kier molecular flexibility index (Phi) is 6.53. The fourth-order valence-corrected chi connectivity index (χ4v) is 4.41. The zero-order chi connectivity index (χ0) is 21.7. The van der Waals surface area contributed by atoms with Gasteiger partial charge in [0.15, 0.2) is 12.4 Å². The Balaban J connectivity index is 1.87. The van der Waals surface area contributed by atoms with Crippen molar-refractivity contribution in [2.45, 2.75) is 18.4 Å². The van der Waals surface area contributed by atoms with E-state index in [0.717, 1.165) is 4.31 Å². The fourth-order valence-electron chi connectivity index (χ4n) is 2.62. The molecule has 0 radical (unpaired) electrons. The number of anilines is 1. The van der Waals surface area contributed by atoms with E-state index in [9.17, 15) is 13.2 Å². The molecule has 156 valence electrons. The maximum Gasteiger partial charge on any atom is 0.338 e. The van der Waals surface area contributed by atoms with Gasteiger partial charge in [-0.15, -0.1) is 6.58 Å². The van der Waals surface area contributed by atoms with Gasteiger partial charge in [0.2, 0.25) is 0 Å². The SMILES string of the molecule is C=CCN(c1ccccc1Cl)S(=O)(=O)c1cccc(C(=O)OCc2nc(C)no2)c1. The number of nitrogens with zero attached hydrogens (tertiary/aromatic N) is 3. The summed E-state index contributed by atoms with van der Waals surface area (Å²) in [6, 6.07) is 12.1. The summed E-state index contributed by atoms with van der Waals surface area (Å²) in [5, 5.41) is 3.88.